The van der Waals surface area contributed by atoms with E-state index in [-0.39, 0.29) is 0 Å². The van der Waals surface area contributed by atoms with Gasteiger partial charge >= 0.3 is 0 Å². The van der Waals surface area contributed by atoms with Crippen LogP contribution in [0.1, 0.15) is 0 Å². The topological polar surface area (TPSA) is 47.0 Å². The van der Waals surface area contributed by atoms with Gasteiger partial charge in [0.1, 0.15) is 0 Å². The van der Waals surface area contributed by atoms with Crippen molar-refractivity contribution in [3.05, 3.63) is 36.9 Å². The van der Waals surface area contributed by atoms with Crippen molar-refractivity contribution in [2.45, 2.75) is 0 Å². The lowest BCUT2D eigenvalue weighted by Gasteiger charge is -2.09. The van der Waals surface area contributed by atoms with Gasteiger partial charge in [-0.05, 0) is 56.7 Å². The highest BCUT2D eigenvalue weighted by molar-refractivity contribution is 14.1. The Balaban J connectivity index is 2.31. The van der Waals surface area contributed by atoms with Gasteiger partial charge in [-0.25, -0.2) is 4.98 Å². The molecular formula is C11H8Br2IN3O. The molecule has 94 valence electrons. The van der Waals surface area contributed by atoms with Crippen molar-refractivity contribution in [2.75, 3.05) is 12.4 Å². The zero-order valence-corrected chi connectivity index (χ0v) is 14.6. The Morgan fingerprint density at radius 1 is 1.33 bits per heavy atom. The molecule has 4 nitrogen and oxygen atoms in total. The van der Waals surface area contributed by atoms with E-state index in [1.54, 1.807) is 13.3 Å². The maximum Gasteiger partial charge on any atom is 0.232 e. The third kappa shape index (κ3) is 3.33. The number of ether oxygens (including phenoxy) is 1. The SMILES string of the molecule is COc1nc(Nc2cc(Br)ccc2I)ncc1Br. The van der Waals surface area contributed by atoms with Crippen molar-refractivity contribution in [1.82, 2.24) is 9.97 Å². The lowest BCUT2D eigenvalue weighted by molar-refractivity contribution is 0.394. The Morgan fingerprint density at radius 3 is 2.83 bits per heavy atom. The first kappa shape index (κ1) is 14.0. The van der Waals surface area contributed by atoms with E-state index >= 15 is 0 Å². The smallest absolute Gasteiger partial charge is 0.232 e. The standard InChI is InChI=1S/C11H8Br2IN3O/c1-18-10-7(13)5-15-11(17-10)16-9-4-6(12)2-3-8(9)14/h2-5H,1H3,(H,15,16,17). The first-order valence-electron chi connectivity index (χ1n) is 4.89. The number of hydrogen-bond donors (Lipinski definition) is 1. The molecule has 2 rings (SSSR count). The van der Waals surface area contributed by atoms with Crippen LogP contribution in [0, 0.1) is 3.57 Å². The van der Waals surface area contributed by atoms with E-state index in [0.29, 0.717) is 11.8 Å². The van der Waals surface area contributed by atoms with E-state index < -0.39 is 0 Å². The van der Waals surface area contributed by atoms with Crippen LogP contribution in [0.25, 0.3) is 0 Å². The largest absolute Gasteiger partial charge is 0.480 e. The van der Waals surface area contributed by atoms with Gasteiger partial charge in [-0.15, -0.1) is 0 Å². The summed E-state index contributed by atoms with van der Waals surface area (Å²) in [6.45, 7) is 0. The quantitative estimate of drug-likeness (QED) is 0.658. The first-order chi connectivity index (χ1) is 8.60. The second-order valence-corrected chi connectivity index (χ2v) is 6.23. The van der Waals surface area contributed by atoms with E-state index in [1.807, 2.05) is 18.2 Å². The predicted molar refractivity (Wildman–Crippen MR) is 86.4 cm³/mol. The van der Waals surface area contributed by atoms with Crippen LogP contribution in [0.5, 0.6) is 5.88 Å². The van der Waals surface area contributed by atoms with Crippen LogP contribution in [0.3, 0.4) is 0 Å². The highest BCUT2D eigenvalue weighted by Crippen LogP contribution is 2.27. The van der Waals surface area contributed by atoms with Gasteiger partial charge in [-0.2, -0.15) is 4.98 Å². The fourth-order valence-electron chi connectivity index (χ4n) is 1.27. The summed E-state index contributed by atoms with van der Waals surface area (Å²) in [7, 11) is 1.57. The van der Waals surface area contributed by atoms with Crippen LogP contribution >= 0.6 is 54.5 Å². The number of hydrogen-bond acceptors (Lipinski definition) is 4. The monoisotopic (exact) mass is 483 g/mol. The minimum Gasteiger partial charge on any atom is -0.480 e. The number of benzene rings is 1. The summed E-state index contributed by atoms with van der Waals surface area (Å²) in [4.78, 5) is 8.43. The molecule has 0 unspecified atom stereocenters. The number of anilines is 2. The van der Waals surface area contributed by atoms with Crippen molar-refractivity contribution < 1.29 is 4.74 Å². The van der Waals surface area contributed by atoms with Crippen molar-refractivity contribution in [2.24, 2.45) is 0 Å². The van der Waals surface area contributed by atoms with E-state index in [2.05, 4.69) is 69.7 Å². The molecule has 0 amide bonds. The first-order valence-corrected chi connectivity index (χ1v) is 7.55. The molecule has 0 aliphatic carbocycles. The van der Waals surface area contributed by atoms with Crippen molar-refractivity contribution in [1.29, 1.82) is 0 Å². The van der Waals surface area contributed by atoms with Crippen LogP contribution in [-0.2, 0) is 0 Å². The van der Waals surface area contributed by atoms with Crippen molar-refractivity contribution in [3.8, 4) is 5.88 Å². The van der Waals surface area contributed by atoms with Crippen LogP contribution in [-0.4, -0.2) is 17.1 Å². The van der Waals surface area contributed by atoms with Crippen LogP contribution in [0.15, 0.2) is 33.3 Å². The van der Waals surface area contributed by atoms with Gasteiger partial charge < -0.3 is 10.1 Å². The van der Waals surface area contributed by atoms with Crippen LogP contribution < -0.4 is 10.1 Å². The number of aromatic nitrogens is 2. The second-order valence-electron chi connectivity index (χ2n) is 3.30. The Morgan fingerprint density at radius 2 is 2.11 bits per heavy atom. The lowest BCUT2D eigenvalue weighted by atomic mass is 10.3. The van der Waals surface area contributed by atoms with Gasteiger partial charge in [0, 0.05) is 8.04 Å². The number of rotatable bonds is 3. The number of halogens is 3. The highest BCUT2D eigenvalue weighted by atomic mass is 127. The fraction of sp³-hybridized carbons (Fsp3) is 0.0909. The minimum absolute atomic E-state index is 0.492. The minimum atomic E-state index is 0.492. The zero-order valence-electron chi connectivity index (χ0n) is 9.25. The molecule has 0 aliphatic rings. The molecule has 7 heteroatoms. The molecule has 0 fully saturated rings. The summed E-state index contributed by atoms with van der Waals surface area (Å²) in [6, 6.07) is 5.96. The molecule has 1 heterocycles. The third-order valence-corrected chi connectivity index (χ3v) is 4.06. The van der Waals surface area contributed by atoms with Gasteiger partial charge in [0.25, 0.3) is 0 Å². The molecule has 2 aromatic rings. The molecule has 0 saturated carbocycles. The Labute approximate surface area is 135 Å². The zero-order chi connectivity index (χ0) is 13.1. The Bertz CT molecular complexity index is 580. The van der Waals surface area contributed by atoms with E-state index in [4.69, 9.17) is 4.74 Å². The summed E-state index contributed by atoms with van der Waals surface area (Å²) in [6.07, 6.45) is 1.65. The molecule has 0 bridgehead atoms. The number of nitrogens with zero attached hydrogens (tertiary/aromatic N) is 2. The summed E-state index contributed by atoms with van der Waals surface area (Å²) in [5.74, 6) is 0.989. The lowest BCUT2D eigenvalue weighted by Crippen LogP contribution is -2.00. The van der Waals surface area contributed by atoms with Crippen molar-refractivity contribution >= 4 is 66.1 Å². The predicted octanol–water partition coefficient (Wildman–Crippen LogP) is 4.36. The Kier molecular flexibility index (Phi) is 4.79. The summed E-state index contributed by atoms with van der Waals surface area (Å²) >= 11 is 9.00. The van der Waals surface area contributed by atoms with E-state index in [0.717, 1.165) is 18.2 Å². The van der Waals surface area contributed by atoms with Gasteiger partial charge in [0.15, 0.2) is 0 Å². The molecule has 1 aromatic heterocycles. The molecule has 0 spiro atoms. The maximum atomic E-state index is 5.13. The molecule has 0 radical (unpaired) electrons. The Hall–Kier alpha value is -0.410. The number of methoxy groups -OCH3 is 1. The average molecular weight is 485 g/mol. The molecule has 1 aromatic carbocycles. The third-order valence-electron chi connectivity index (χ3n) is 2.08. The van der Waals surface area contributed by atoms with Gasteiger partial charge in [-0.1, -0.05) is 15.9 Å². The maximum absolute atomic E-state index is 5.13. The summed E-state index contributed by atoms with van der Waals surface area (Å²) in [5.41, 5.74) is 0.939. The van der Waals surface area contributed by atoms with Gasteiger partial charge in [0.05, 0.1) is 23.5 Å². The van der Waals surface area contributed by atoms with Crippen LogP contribution in [0.2, 0.25) is 0 Å². The number of nitrogens with one attached hydrogen (secondary N) is 1. The second kappa shape index (κ2) is 6.16. The van der Waals surface area contributed by atoms with Gasteiger partial charge in [0.2, 0.25) is 11.8 Å². The normalized spacial score (nSPS) is 10.2. The van der Waals surface area contributed by atoms with Crippen molar-refractivity contribution in [3.63, 3.8) is 0 Å². The van der Waals surface area contributed by atoms with E-state index in [1.165, 1.54) is 0 Å². The van der Waals surface area contributed by atoms with Crippen LogP contribution in [0.4, 0.5) is 11.6 Å². The van der Waals surface area contributed by atoms with Gasteiger partial charge in [-0.3, -0.25) is 0 Å². The highest BCUT2D eigenvalue weighted by Gasteiger charge is 2.07. The molecule has 1 N–H and O–H groups in total. The molecule has 18 heavy (non-hydrogen) atoms. The summed E-state index contributed by atoms with van der Waals surface area (Å²) < 4.78 is 7.93. The molecule has 0 atom stereocenters. The van der Waals surface area contributed by atoms with E-state index in [9.17, 15) is 0 Å². The molecular weight excluding hydrogens is 477 g/mol. The fourth-order valence-corrected chi connectivity index (χ4v) is 2.45. The molecule has 0 saturated heterocycles. The average Bonchev–Trinajstić information content (AvgIpc) is 2.36. The molecule has 0 aliphatic heterocycles. The summed E-state index contributed by atoms with van der Waals surface area (Å²) in [5, 5.41) is 3.15.